The molecule has 0 aliphatic carbocycles. The van der Waals surface area contributed by atoms with E-state index in [-0.39, 0.29) is 22.3 Å². The van der Waals surface area contributed by atoms with Crippen LogP contribution in [0.15, 0.2) is 60.9 Å². The molecule has 0 saturated carbocycles. The second kappa shape index (κ2) is 11.4. The number of methoxy groups -OCH3 is 2. The molecule has 9 nitrogen and oxygen atoms in total. The Bertz CT molecular complexity index is 1550. The lowest BCUT2D eigenvalue weighted by Gasteiger charge is -2.13. The number of rotatable bonds is 8. The number of nitrogens with zero attached hydrogens (tertiary/aromatic N) is 2. The number of nitrogens with one attached hydrogen (secondary N) is 2. The molecule has 2 N–H and O–H groups in total. The van der Waals surface area contributed by atoms with Crippen LogP contribution in [-0.4, -0.2) is 36.0 Å². The van der Waals surface area contributed by atoms with Crippen molar-refractivity contribution in [2.75, 3.05) is 24.9 Å². The summed E-state index contributed by atoms with van der Waals surface area (Å²) in [5.74, 6) is -0.140. The van der Waals surface area contributed by atoms with Crippen LogP contribution in [0.4, 0.5) is 24.5 Å². The number of carbonyl (C=O) groups excluding carboxylic acids is 2. The summed E-state index contributed by atoms with van der Waals surface area (Å²) in [6, 6.07) is 10.5. The van der Waals surface area contributed by atoms with Gasteiger partial charge in [-0.05, 0) is 36.4 Å². The molecule has 0 aliphatic rings. The van der Waals surface area contributed by atoms with E-state index >= 15 is 0 Å². The van der Waals surface area contributed by atoms with E-state index in [9.17, 15) is 22.8 Å². The van der Waals surface area contributed by atoms with Gasteiger partial charge in [0.15, 0.2) is 11.5 Å². The number of benzene rings is 2. The zero-order valence-corrected chi connectivity index (χ0v) is 21.2. The Kier molecular flexibility index (Phi) is 8.05. The van der Waals surface area contributed by atoms with Crippen LogP contribution in [0.3, 0.4) is 0 Å². The van der Waals surface area contributed by atoms with Crippen LogP contribution in [-0.2, 0) is 15.8 Å². The van der Waals surface area contributed by atoms with E-state index in [1.807, 2.05) is 0 Å². The van der Waals surface area contributed by atoms with E-state index in [4.69, 9.17) is 25.8 Å². The van der Waals surface area contributed by atoms with E-state index in [1.165, 1.54) is 38.7 Å². The van der Waals surface area contributed by atoms with Gasteiger partial charge in [-0.15, -0.1) is 0 Å². The maximum atomic E-state index is 12.9. The van der Waals surface area contributed by atoms with E-state index in [0.29, 0.717) is 28.2 Å². The first-order valence-electron chi connectivity index (χ1n) is 11.2. The van der Waals surface area contributed by atoms with Crippen molar-refractivity contribution in [1.29, 1.82) is 0 Å². The summed E-state index contributed by atoms with van der Waals surface area (Å²) in [5.41, 5.74) is -0.260. The summed E-state index contributed by atoms with van der Waals surface area (Å²) in [6.45, 7) is 0. The minimum Gasteiger partial charge on any atom is -0.493 e. The Labute approximate surface area is 224 Å². The highest BCUT2D eigenvalue weighted by molar-refractivity contribution is 6.32. The van der Waals surface area contributed by atoms with E-state index in [1.54, 1.807) is 18.2 Å². The minimum atomic E-state index is -4.56. The lowest BCUT2D eigenvalue weighted by Crippen LogP contribution is -2.21. The highest BCUT2D eigenvalue weighted by atomic mass is 35.5. The Morgan fingerprint density at radius 1 is 0.897 bits per heavy atom. The third-order valence-electron chi connectivity index (χ3n) is 5.30. The van der Waals surface area contributed by atoms with Gasteiger partial charge in [-0.3, -0.25) is 14.6 Å². The SMILES string of the molecule is COc1cc2nccc(Oc3ncc(NC(=O)CC(=O)Nc4cccc(C(F)(F)F)c4)cc3Cl)c2cc1OC. The molecule has 4 aromatic rings. The molecule has 202 valence electrons. The van der Waals surface area contributed by atoms with Gasteiger partial charge < -0.3 is 24.8 Å². The number of pyridine rings is 2. The summed E-state index contributed by atoms with van der Waals surface area (Å²) < 4.78 is 55.1. The molecule has 0 atom stereocenters. The fourth-order valence-electron chi connectivity index (χ4n) is 3.54. The Balaban J connectivity index is 1.42. The minimum absolute atomic E-state index is 0.0410. The summed E-state index contributed by atoms with van der Waals surface area (Å²) in [5, 5.41) is 5.40. The van der Waals surface area contributed by atoms with Crippen molar-refractivity contribution in [3.05, 3.63) is 71.5 Å². The van der Waals surface area contributed by atoms with Crippen molar-refractivity contribution >= 4 is 45.7 Å². The standard InChI is InChI=1S/C26H20ClF3N4O5/c1-37-21-10-17-19(11-22(21)38-2)31-7-6-20(17)39-25-18(27)9-16(13-32-25)34-24(36)12-23(35)33-15-5-3-4-14(8-15)26(28,29)30/h3-11,13H,12H2,1-2H3,(H,33,35)(H,34,36). The zero-order chi connectivity index (χ0) is 28.2. The zero-order valence-electron chi connectivity index (χ0n) is 20.4. The predicted molar refractivity (Wildman–Crippen MR) is 137 cm³/mol. The van der Waals surface area contributed by atoms with Crippen LogP contribution in [0, 0.1) is 0 Å². The Morgan fingerprint density at radius 3 is 2.26 bits per heavy atom. The van der Waals surface area contributed by atoms with Crippen LogP contribution < -0.4 is 24.8 Å². The summed E-state index contributed by atoms with van der Waals surface area (Å²) in [7, 11) is 3.01. The number of hydrogen-bond acceptors (Lipinski definition) is 7. The van der Waals surface area contributed by atoms with E-state index < -0.39 is 30.0 Å². The smallest absolute Gasteiger partial charge is 0.416 e. The quantitative estimate of drug-likeness (QED) is 0.251. The van der Waals surface area contributed by atoms with Crippen molar-refractivity contribution in [1.82, 2.24) is 9.97 Å². The Hall–Kier alpha value is -4.58. The van der Waals surface area contributed by atoms with Crippen LogP contribution in [0.2, 0.25) is 5.02 Å². The number of anilines is 2. The van der Waals surface area contributed by atoms with Gasteiger partial charge >= 0.3 is 6.18 Å². The van der Waals surface area contributed by atoms with Crippen LogP contribution in [0.5, 0.6) is 23.1 Å². The van der Waals surface area contributed by atoms with Crippen molar-refractivity contribution in [2.45, 2.75) is 12.6 Å². The number of fused-ring (bicyclic) bond motifs is 1. The molecule has 0 unspecified atom stereocenters. The molecule has 2 amide bonds. The van der Waals surface area contributed by atoms with Crippen molar-refractivity contribution < 1.29 is 37.0 Å². The molecule has 0 bridgehead atoms. The summed E-state index contributed by atoms with van der Waals surface area (Å²) in [6.07, 6.45) is -2.40. The van der Waals surface area contributed by atoms with Crippen molar-refractivity contribution in [3.8, 4) is 23.1 Å². The topological polar surface area (TPSA) is 112 Å². The maximum Gasteiger partial charge on any atom is 0.416 e. The summed E-state index contributed by atoms with van der Waals surface area (Å²) in [4.78, 5) is 32.9. The third-order valence-corrected chi connectivity index (χ3v) is 5.57. The first kappa shape index (κ1) is 27.5. The van der Waals surface area contributed by atoms with E-state index in [2.05, 4.69) is 20.6 Å². The fourth-order valence-corrected chi connectivity index (χ4v) is 3.74. The lowest BCUT2D eigenvalue weighted by molar-refractivity contribution is -0.137. The monoisotopic (exact) mass is 560 g/mol. The predicted octanol–water partition coefficient (Wildman–Crippen LogP) is 6.08. The van der Waals surface area contributed by atoms with Crippen molar-refractivity contribution in [2.24, 2.45) is 0 Å². The molecule has 0 saturated heterocycles. The average Bonchev–Trinajstić information content (AvgIpc) is 2.89. The van der Waals surface area contributed by atoms with E-state index in [0.717, 1.165) is 18.2 Å². The second-order valence-corrected chi connectivity index (χ2v) is 8.41. The molecule has 0 fully saturated rings. The van der Waals surface area contributed by atoms with Crippen LogP contribution >= 0.6 is 11.6 Å². The second-order valence-electron chi connectivity index (χ2n) is 8.00. The number of aromatic nitrogens is 2. The molecule has 0 spiro atoms. The first-order valence-corrected chi connectivity index (χ1v) is 11.6. The van der Waals surface area contributed by atoms with Gasteiger partial charge in [-0.25, -0.2) is 4.98 Å². The average molecular weight is 561 g/mol. The molecule has 0 radical (unpaired) electrons. The molecule has 2 aromatic carbocycles. The molecule has 2 heterocycles. The lowest BCUT2D eigenvalue weighted by atomic mass is 10.2. The largest absolute Gasteiger partial charge is 0.493 e. The van der Waals surface area contributed by atoms with Gasteiger partial charge in [-0.2, -0.15) is 13.2 Å². The van der Waals surface area contributed by atoms with Gasteiger partial charge in [0.2, 0.25) is 17.7 Å². The van der Waals surface area contributed by atoms with Crippen molar-refractivity contribution in [3.63, 3.8) is 0 Å². The normalized spacial score (nSPS) is 11.1. The molecule has 4 rings (SSSR count). The maximum absolute atomic E-state index is 12.9. The van der Waals surface area contributed by atoms with Crippen LogP contribution in [0.25, 0.3) is 10.9 Å². The number of ether oxygens (including phenoxy) is 3. The molecule has 2 aromatic heterocycles. The van der Waals surface area contributed by atoms with Gasteiger partial charge in [0.05, 0.1) is 37.2 Å². The highest BCUT2D eigenvalue weighted by Crippen LogP contribution is 2.38. The fraction of sp³-hybridized carbons (Fsp3) is 0.154. The van der Waals surface area contributed by atoms with Gasteiger partial charge in [0, 0.05) is 23.3 Å². The van der Waals surface area contributed by atoms with Gasteiger partial charge in [0.1, 0.15) is 17.2 Å². The highest BCUT2D eigenvalue weighted by Gasteiger charge is 2.30. The molecule has 13 heteroatoms. The third kappa shape index (κ3) is 6.65. The van der Waals surface area contributed by atoms with Gasteiger partial charge in [0.25, 0.3) is 0 Å². The first-order chi connectivity index (χ1) is 18.6. The molecular formula is C26H20ClF3N4O5. The number of hydrogen-bond donors (Lipinski definition) is 2. The van der Waals surface area contributed by atoms with Crippen LogP contribution in [0.1, 0.15) is 12.0 Å². The number of amides is 2. The molecule has 0 aliphatic heterocycles. The molecule has 39 heavy (non-hydrogen) atoms. The molecular weight excluding hydrogens is 541 g/mol. The Morgan fingerprint density at radius 2 is 1.59 bits per heavy atom. The van der Waals surface area contributed by atoms with Gasteiger partial charge in [-0.1, -0.05) is 17.7 Å². The number of alkyl halides is 3. The summed E-state index contributed by atoms with van der Waals surface area (Å²) >= 11 is 6.31. The number of halogens is 4. The number of carbonyl (C=O) groups is 2.